The van der Waals surface area contributed by atoms with E-state index >= 15 is 0 Å². The second-order valence-corrected chi connectivity index (χ2v) is 4.96. The fourth-order valence-electron chi connectivity index (χ4n) is 2.68. The van der Waals surface area contributed by atoms with E-state index in [0.717, 1.165) is 19.3 Å². The van der Waals surface area contributed by atoms with Gasteiger partial charge < -0.3 is 15.6 Å². The molecule has 0 saturated heterocycles. The summed E-state index contributed by atoms with van der Waals surface area (Å²) >= 11 is 0. The normalized spacial score (nSPS) is 27.4. The van der Waals surface area contributed by atoms with E-state index in [1.165, 1.54) is 6.07 Å². The Bertz CT molecular complexity index is 399. The monoisotopic (exact) mass is 253 g/mol. The van der Waals surface area contributed by atoms with Gasteiger partial charge in [0, 0.05) is 6.54 Å². The summed E-state index contributed by atoms with van der Waals surface area (Å²) in [5.74, 6) is 0.0825. The van der Waals surface area contributed by atoms with E-state index in [-0.39, 0.29) is 24.0 Å². The van der Waals surface area contributed by atoms with E-state index in [2.05, 4.69) is 0 Å². The molecule has 0 aromatic heterocycles. The number of aliphatic hydroxyl groups is 1. The summed E-state index contributed by atoms with van der Waals surface area (Å²) in [5, 5.41) is 10.3. The van der Waals surface area contributed by atoms with Crippen LogP contribution < -0.4 is 10.5 Å². The van der Waals surface area contributed by atoms with Crippen LogP contribution in [0.25, 0.3) is 0 Å². The third kappa shape index (κ3) is 2.82. The van der Waals surface area contributed by atoms with Crippen molar-refractivity contribution in [3.63, 3.8) is 0 Å². The third-order valence-corrected chi connectivity index (χ3v) is 3.84. The molecule has 0 spiro atoms. The van der Waals surface area contributed by atoms with Gasteiger partial charge in [-0.05, 0) is 37.3 Å². The number of rotatable bonds is 5. The van der Waals surface area contributed by atoms with Gasteiger partial charge in [0.25, 0.3) is 0 Å². The summed E-state index contributed by atoms with van der Waals surface area (Å²) in [6, 6.07) is 6.36. The van der Waals surface area contributed by atoms with Gasteiger partial charge in [-0.3, -0.25) is 0 Å². The first kappa shape index (κ1) is 13.3. The van der Waals surface area contributed by atoms with Gasteiger partial charge in [0.05, 0.1) is 12.2 Å². The van der Waals surface area contributed by atoms with E-state index in [1.807, 2.05) is 0 Å². The van der Waals surface area contributed by atoms with Crippen LogP contribution in [0.4, 0.5) is 4.39 Å². The molecule has 1 fully saturated rings. The molecular weight excluding hydrogens is 233 g/mol. The van der Waals surface area contributed by atoms with E-state index in [0.29, 0.717) is 13.0 Å². The Kier molecular flexibility index (Phi) is 4.19. The quantitative estimate of drug-likeness (QED) is 0.844. The largest absolute Gasteiger partial charge is 0.491 e. The van der Waals surface area contributed by atoms with Crippen molar-refractivity contribution < 1.29 is 14.2 Å². The number of ether oxygens (including phenoxy) is 1. The minimum Gasteiger partial charge on any atom is -0.491 e. The van der Waals surface area contributed by atoms with Crippen molar-refractivity contribution in [3.8, 4) is 5.75 Å². The summed E-state index contributed by atoms with van der Waals surface area (Å²) in [5.41, 5.74) is 4.86. The zero-order chi connectivity index (χ0) is 13.0. The number of hydrogen-bond acceptors (Lipinski definition) is 3. The molecule has 2 unspecified atom stereocenters. The first-order valence-corrected chi connectivity index (χ1v) is 6.45. The van der Waals surface area contributed by atoms with Crippen molar-refractivity contribution >= 4 is 0 Å². The lowest BCUT2D eigenvalue weighted by molar-refractivity contribution is 0.00342. The molecule has 1 aliphatic rings. The highest BCUT2D eigenvalue weighted by Crippen LogP contribution is 2.37. The smallest absolute Gasteiger partial charge is 0.165 e. The molecule has 0 bridgehead atoms. The second-order valence-electron chi connectivity index (χ2n) is 4.96. The summed E-state index contributed by atoms with van der Waals surface area (Å²) < 4.78 is 18.7. The Balaban J connectivity index is 1.84. The zero-order valence-corrected chi connectivity index (χ0v) is 10.4. The number of para-hydroxylation sites is 1. The molecule has 3 N–H and O–H groups in total. The van der Waals surface area contributed by atoms with Crippen LogP contribution in [0, 0.1) is 11.7 Å². The van der Waals surface area contributed by atoms with Crippen molar-refractivity contribution in [1.29, 1.82) is 0 Å². The van der Waals surface area contributed by atoms with Crippen LogP contribution in [-0.2, 0) is 0 Å². The van der Waals surface area contributed by atoms with Gasteiger partial charge in [-0.15, -0.1) is 0 Å². The third-order valence-electron chi connectivity index (χ3n) is 3.84. The molecule has 4 heteroatoms. The molecule has 0 aliphatic heterocycles. The molecule has 0 heterocycles. The molecule has 3 nitrogen and oxygen atoms in total. The van der Waals surface area contributed by atoms with Crippen LogP contribution in [0.5, 0.6) is 5.75 Å². The maximum Gasteiger partial charge on any atom is 0.165 e. The van der Waals surface area contributed by atoms with Gasteiger partial charge in [-0.25, -0.2) is 4.39 Å². The Labute approximate surface area is 107 Å². The molecule has 18 heavy (non-hydrogen) atoms. The van der Waals surface area contributed by atoms with Gasteiger partial charge in [-0.2, -0.15) is 0 Å². The van der Waals surface area contributed by atoms with Crippen molar-refractivity contribution in [2.24, 2.45) is 11.7 Å². The van der Waals surface area contributed by atoms with Crippen LogP contribution in [0.3, 0.4) is 0 Å². The van der Waals surface area contributed by atoms with E-state index in [1.54, 1.807) is 18.2 Å². The molecule has 1 saturated carbocycles. The number of halogens is 1. The van der Waals surface area contributed by atoms with E-state index < -0.39 is 5.60 Å². The minimum atomic E-state index is -0.751. The van der Waals surface area contributed by atoms with Crippen LogP contribution in [0.2, 0.25) is 0 Å². The van der Waals surface area contributed by atoms with Crippen molar-refractivity contribution in [1.82, 2.24) is 0 Å². The standard InChI is InChI=1S/C14H20FNO2/c15-12-5-1-2-6-13(12)18-9-7-11-4-3-8-14(11,17)10-16/h1-2,5-6,11,17H,3-4,7-10,16H2. The average molecular weight is 253 g/mol. The fourth-order valence-corrected chi connectivity index (χ4v) is 2.68. The van der Waals surface area contributed by atoms with Crippen LogP contribution in [0.1, 0.15) is 25.7 Å². The molecule has 0 radical (unpaired) electrons. The molecule has 1 aromatic rings. The SMILES string of the molecule is NCC1(O)CCCC1CCOc1ccccc1F. The van der Waals surface area contributed by atoms with Crippen LogP contribution in [0.15, 0.2) is 24.3 Å². The average Bonchev–Trinajstić information content (AvgIpc) is 2.74. The van der Waals surface area contributed by atoms with Gasteiger partial charge in [0.1, 0.15) is 0 Å². The minimum absolute atomic E-state index is 0.161. The second kappa shape index (κ2) is 5.67. The summed E-state index contributed by atoms with van der Waals surface area (Å²) in [4.78, 5) is 0. The van der Waals surface area contributed by atoms with Crippen molar-refractivity contribution in [2.75, 3.05) is 13.2 Å². The Morgan fingerprint density at radius 1 is 1.44 bits per heavy atom. The predicted molar refractivity (Wildman–Crippen MR) is 67.9 cm³/mol. The predicted octanol–water partition coefficient (Wildman–Crippen LogP) is 2.08. The highest BCUT2D eigenvalue weighted by molar-refractivity contribution is 5.23. The first-order valence-electron chi connectivity index (χ1n) is 6.45. The van der Waals surface area contributed by atoms with Gasteiger partial charge >= 0.3 is 0 Å². The molecule has 2 rings (SSSR count). The molecule has 1 aromatic carbocycles. The van der Waals surface area contributed by atoms with E-state index in [4.69, 9.17) is 10.5 Å². The van der Waals surface area contributed by atoms with Crippen LogP contribution >= 0.6 is 0 Å². The first-order chi connectivity index (χ1) is 8.65. The molecule has 1 aliphatic carbocycles. The lowest BCUT2D eigenvalue weighted by Crippen LogP contribution is -2.41. The number of benzene rings is 1. The molecule has 2 atom stereocenters. The van der Waals surface area contributed by atoms with Crippen molar-refractivity contribution in [2.45, 2.75) is 31.3 Å². The van der Waals surface area contributed by atoms with Gasteiger partial charge in [0.2, 0.25) is 0 Å². The van der Waals surface area contributed by atoms with Gasteiger partial charge in [-0.1, -0.05) is 18.6 Å². The molecular formula is C14H20FNO2. The topological polar surface area (TPSA) is 55.5 Å². The van der Waals surface area contributed by atoms with Gasteiger partial charge in [0.15, 0.2) is 11.6 Å². The summed E-state index contributed by atoms with van der Waals surface area (Å²) in [6.45, 7) is 0.700. The number of nitrogens with two attached hydrogens (primary N) is 1. The van der Waals surface area contributed by atoms with Crippen molar-refractivity contribution in [3.05, 3.63) is 30.1 Å². The lowest BCUT2D eigenvalue weighted by Gasteiger charge is -2.28. The Morgan fingerprint density at radius 2 is 2.22 bits per heavy atom. The molecule has 100 valence electrons. The fraction of sp³-hybridized carbons (Fsp3) is 0.571. The summed E-state index contributed by atoms with van der Waals surface area (Å²) in [6.07, 6.45) is 3.43. The Morgan fingerprint density at radius 3 is 2.94 bits per heavy atom. The van der Waals surface area contributed by atoms with Crippen LogP contribution in [-0.4, -0.2) is 23.9 Å². The molecule has 0 amide bonds. The maximum atomic E-state index is 13.3. The Hall–Kier alpha value is -1.13. The maximum absolute atomic E-state index is 13.3. The highest BCUT2D eigenvalue weighted by Gasteiger charge is 2.39. The number of hydrogen-bond donors (Lipinski definition) is 2. The summed E-state index contributed by atoms with van der Waals surface area (Å²) in [7, 11) is 0. The zero-order valence-electron chi connectivity index (χ0n) is 10.4. The lowest BCUT2D eigenvalue weighted by atomic mass is 9.88. The van der Waals surface area contributed by atoms with E-state index in [9.17, 15) is 9.50 Å². The highest BCUT2D eigenvalue weighted by atomic mass is 19.1.